The number of aromatic nitrogens is 4. The van der Waals surface area contributed by atoms with E-state index in [9.17, 15) is 5.11 Å². The van der Waals surface area contributed by atoms with Gasteiger partial charge in [0.1, 0.15) is 24.2 Å². The fraction of sp³-hybridized carbons (Fsp3) is 0.258. The molecule has 1 unspecified atom stereocenters. The van der Waals surface area contributed by atoms with Gasteiger partial charge < -0.3 is 24.6 Å². The highest BCUT2D eigenvalue weighted by Crippen LogP contribution is 2.41. The Bertz CT molecular complexity index is 1630. The van der Waals surface area contributed by atoms with Gasteiger partial charge in [-0.2, -0.15) is 0 Å². The predicted molar refractivity (Wildman–Crippen MR) is 162 cm³/mol. The third-order valence-corrected chi connectivity index (χ3v) is 6.93. The number of hydrogen-bond donors (Lipinski definition) is 2. The van der Waals surface area contributed by atoms with Crippen LogP contribution in [0.15, 0.2) is 96.4 Å². The molecule has 12 heteroatoms. The summed E-state index contributed by atoms with van der Waals surface area (Å²) in [7, 11) is 1.63. The normalized spacial score (nSPS) is 12.1. The van der Waals surface area contributed by atoms with Gasteiger partial charge in [-0.25, -0.2) is 15.0 Å². The number of fused-ring (bicyclic) bond motifs is 1. The van der Waals surface area contributed by atoms with Gasteiger partial charge in [0.15, 0.2) is 17.0 Å². The Balaban J connectivity index is 1.45. The number of nitrogens with zero attached hydrogens (tertiary/aromatic N) is 7. The molecule has 0 aliphatic rings. The first-order valence-electron chi connectivity index (χ1n) is 13.8. The van der Waals surface area contributed by atoms with Gasteiger partial charge in [-0.3, -0.25) is 4.57 Å². The monoisotopic (exact) mass is 580 g/mol. The molecular weight excluding hydrogens is 548 g/mol. The summed E-state index contributed by atoms with van der Waals surface area (Å²) in [5.41, 5.74) is 11.5. The van der Waals surface area contributed by atoms with E-state index in [2.05, 4.69) is 30.3 Å². The van der Waals surface area contributed by atoms with E-state index in [1.54, 1.807) is 18.0 Å². The van der Waals surface area contributed by atoms with E-state index < -0.39 is 11.7 Å². The maximum atomic E-state index is 10.3. The van der Waals surface area contributed by atoms with Gasteiger partial charge in [0.25, 0.3) is 0 Å². The average Bonchev–Trinajstić information content (AvgIpc) is 3.47. The van der Waals surface area contributed by atoms with Crippen LogP contribution in [-0.4, -0.2) is 57.6 Å². The molecule has 0 amide bonds. The lowest BCUT2D eigenvalue weighted by molar-refractivity contribution is -0.0970. The van der Waals surface area contributed by atoms with Crippen molar-refractivity contribution in [1.82, 2.24) is 19.5 Å². The van der Waals surface area contributed by atoms with E-state index in [-0.39, 0.29) is 25.9 Å². The Morgan fingerprint density at radius 2 is 1.63 bits per heavy atom. The largest absolute Gasteiger partial charge is 0.497 e. The summed E-state index contributed by atoms with van der Waals surface area (Å²) < 4.78 is 20.0. The highest BCUT2D eigenvalue weighted by Gasteiger charge is 2.38. The minimum Gasteiger partial charge on any atom is -0.497 e. The number of aliphatic hydroxyl groups is 1. The van der Waals surface area contributed by atoms with Crippen molar-refractivity contribution in [1.29, 1.82) is 0 Å². The van der Waals surface area contributed by atoms with E-state index >= 15 is 0 Å². The van der Waals surface area contributed by atoms with Crippen LogP contribution in [0.1, 0.15) is 23.6 Å². The Labute approximate surface area is 248 Å². The Kier molecular flexibility index (Phi) is 9.45. The van der Waals surface area contributed by atoms with Crippen LogP contribution < -0.4 is 10.1 Å². The summed E-state index contributed by atoms with van der Waals surface area (Å²) in [6.45, 7) is 2.28. The van der Waals surface area contributed by atoms with Crippen molar-refractivity contribution < 1.29 is 19.3 Å². The number of benzene rings is 3. The molecule has 0 aliphatic carbocycles. The molecule has 0 fully saturated rings. The lowest BCUT2D eigenvalue weighted by atomic mass is 9.80. The number of azide groups is 1. The smallest absolute Gasteiger partial charge is 0.220 e. The van der Waals surface area contributed by atoms with E-state index in [1.807, 2.05) is 91.9 Å². The predicted octanol–water partition coefficient (Wildman–Crippen LogP) is 5.55. The average molecular weight is 581 g/mol. The second kappa shape index (κ2) is 13.8. The second-order valence-corrected chi connectivity index (χ2v) is 9.53. The number of nitrogens with one attached hydrogen (secondary N) is 1. The minimum atomic E-state index is -1.01. The molecule has 5 aromatic rings. The Hall–Kier alpha value is -5.00. The molecule has 0 saturated heterocycles. The van der Waals surface area contributed by atoms with Gasteiger partial charge in [-0.15, -0.1) is 0 Å². The first-order valence-corrected chi connectivity index (χ1v) is 13.8. The fourth-order valence-corrected chi connectivity index (χ4v) is 4.88. The number of ether oxygens (including phenoxy) is 3. The topological polar surface area (TPSA) is 152 Å². The summed E-state index contributed by atoms with van der Waals surface area (Å²) in [4.78, 5) is 15.8. The quantitative estimate of drug-likeness (QED) is 0.0750. The van der Waals surface area contributed by atoms with E-state index in [4.69, 9.17) is 19.7 Å². The summed E-state index contributed by atoms with van der Waals surface area (Å²) in [6, 6.07) is 27.6. The van der Waals surface area contributed by atoms with Crippen LogP contribution in [0, 0.1) is 0 Å². The SMILES string of the molecule is CCNc1nc(N=[N+]=[N-])nc2c1ncn2COC(CO)COC(c1ccccc1)(c1ccccc1)c1ccc(OC)cc1. The molecular formula is C31H32N8O4. The summed E-state index contributed by atoms with van der Waals surface area (Å²) in [5, 5.41) is 17.0. The molecule has 2 heterocycles. The van der Waals surface area contributed by atoms with Crippen molar-refractivity contribution >= 4 is 22.9 Å². The third kappa shape index (κ3) is 6.27. The summed E-state index contributed by atoms with van der Waals surface area (Å²) in [6.07, 6.45) is 0.861. The number of imidazole rings is 1. The number of rotatable bonds is 14. The van der Waals surface area contributed by atoms with Crippen molar-refractivity contribution in [2.75, 3.05) is 32.2 Å². The van der Waals surface area contributed by atoms with Crippen molar-refractivity contribution in [3.8, 4) is 5.75 Å². The second-order valence-electron chi connectivity index (χ2n) is 9.53. The lowest BCUT2D eigenvalue weighted by Crippen LogP contribution is -2.37. The Morgan fingerprint density at radius 1 is 0.977 bits per heavy atom. The van der Waals surface area contributed by atoms with Gasteiger partial charge in [0.05, 0.1) is 26.7 Å². The van der Waals surface area contributed by atoms with Crippen molar-refractivity contribution in [2.45, 2.75) is 25.4 Å². The highest BCUT2D eigenvalue weighted by molar-refractivity contribution is 5.84. The van der Waals surface area contributed by atoms with Gasteiger partial charge in [-0.1, -0.05) is 72.8 Å². The number of aliphatic hydroxyl groups excluding tert-OH is 1. The van der Waals surface area contributed by atoms with Gasteiger partial charge in [0, 0.05) is 11.5 Å². The van der Waals surface area contributed by atoms with Crippen LogP contribution in [0.5, 0.6) is 5.75 Å². The molecule has 5 rings (SSSR count). The van der Waals surface area contributed by atoms with E-state index in [0.29, 0.717) is 23.5 Å². The number of methoxy groups -OCH3 is 1. The van der Waals surface area contributed by atoms with E-state index in [1.165, 1.54) is 0 Å². The zero-order valence-electron chi connectivity index (χ0n) is 23.9. The van der Waals surface area contributed by atoms with Crippen molar-refractivity contribution in [3.05, 3.63) is 118 Å². The summed E-state index contributed by atoms with van der Waals surface area (Å²) >= 11 is 0. The summed E-state index contributed by atoms with van der Waals surface area (Å²) in [5.74, 6) is 1.14. The standard InChI is InChI=1S/C31H32N8O4/c1-3-33-28-27-29(36-30(35-28)37-38-32)39(20-34-27)21-42-26(18-40)19-43-31(22-10-6-4-7-11-22,23-12-8-5-9-13-23)24-14-16-25(41-2)17-15-24/h4-17,20,26,40H,3,18-19,21H2,1-2H3,(H,33,35,36). The number of anilines is 1. The van der Waals surface area contributed by atoms with Gasteiger partial charge in [-0.05, 0) is 46.4 Å². The molecule has 0 aliphatic heterocycles. The fourth-order valence-electron chi connectivity index (χ4n) is 4.88. The first-order chi connectivity index (χ1) is 21.1. The third-order valence-electron chi connectivity index (χ3n) is 6.93. The van der Waals surface area contributed by atoms with Crippen molar-refractivity contribution in [3.63, 3.8) is 0 Å². The molecule has 1 atom stereocenters. The molecule has 0 spiro atoms. The van der Waals surface area contributed by atoms with Crippen molar-refractivity contribution in [2.24, 2.45) is 5.11 Å². The molecule has 12 nitrogen and oxygen atoms in total. The molecule has 0 radical (unpaired) electrons. The molecule has 2 aromatic heterocycles. The first kappa shape index (κ1) is 29.5. The minimum absolute atomic E-state index is 0.00951. The molecule has 220 valence electrons. The lowest BCUT2D eigenvalue weighted by Gasteiger charge is -2.37. The van der Waals surface area contributed by atoms with Gasteiger partial charge >= 0.3 is 0 Å². The molecule has 0 saturated carbocycles. The van der Waals surface area contributed by atoms with Crippen LogP contribution in [0.25, 0.3) is 21.6 Å². The maximum Gasteiger partial charge on any atom is 0.220 e. The molecule has 43 heavy (non-hydrogen) atoms. The van der Waals surface area contributed by atoms with Gasteiger partial charge in [0.2, 0.25) is 5.95 Å². The highest BCUT2D eigenvalue weighted by atomic mass is 16.6. The zero-order valence-corrected chi connectivity index (χ0v) is 23.9. The van der Waals surface area contributed by atoms with Crippen LogP contribution >= 0.6 is 0 Å². The maximum absolute atomic E-state index is 10.3. The van der Waals surface area contributed by atoms with Crippen LogP contribution in [0.4, 0.5) is 11.8 Å². The molecule has 3 aromatic carbocycles. The molecule has 0 bridgehead atoms. The molecule has 2 N–H and O–H groups in total. The Morgan fingerprint density at radius 3 is 2.21 bits per heavy atom. The van der Waals surface area contributed by atoms with Crippen LogP contribution in [0.3, 0.4) is 0 Å². The zero-order chi connectivity index (χ0) is 30.1. The van der Waals surface area contributed by atoms with E-state index in [0.717, 1.165) is 22.4 Å². The number of hydrogen-bond acceptors (Lipinski definition) is 9. The van der Waals surface area contributed by atoms with Crippen LogP contribution in [0.2, 0.25) is 0 Å². The van der Waals surface area contributed by atoms with Crippen LogP contribution in [-0.2, 0) is 21.8 Å².